The summed E-state index contributed by atoms with van der Waals surface area (Å²) in [6, 6.07) is 0.741. The van der Waals surface area contributed by atoms with Crippen molar-refractivity contribution in [2.45, 2.75) is 39.4 Å². The summed E-state index contributed by atoms with van der Waals surface area (Å²) in [6.45, 7) is 7.23. The van der Waals surface area contributed by atoms with Gasteiger partial charge in [0, 0.05) is 37.6 Å². The Hall–Kier alpha value is -1.62. The average molecular weight is 247 g/mol. The summed E-state index contributed by atoms with van der Waals surface area (Å²) in [5.41, 5.74) is 2.26. The van der Waals surface area contributed by atoms with E-state index < -0.39 is 0 Å². The largest absolute Gasteiger partial charge is 0.330 e. The first kappa shape index (κ1) is 12.8. The molecule has 0 aromatic carbocycles. The highest BCUT2D eigenvalue weighted by Gasteiger charge is 2.10. The zero-order valence-corrected chi connectivity index (χ0v) is 11.5. The molecule has 2 heterocycles. The van der Waals surface area contributed by atoms with E-state index in [1.165, 1.54) is 5.56 Å². The molecule has 0 aliphatic rings. The fourth-order valence-corrected chi connectivity index (χ4v) is 1.82. The Morgan fingerprint density at radius 3 is 2.67 bits per heavy atom. The van der Waals surface area contributed by atoms with Gasteiger partial charge in [0.25, 0.3) is 0 Å². The smallest absolute Gasteiger partial charge is 0.0955 e. The minimum Gasteiger partial charge on any atom is -0.330 e. The molecular formula is C13H21N5. The van der Waals surface area contributed by atoms with Crippen LogP contribution in [0.1, 0.15) is 38.1 Å². The van der Waals surface area contributed by atoms with Crippen LogP contribution in [0.2, 0.25) is 0 Å². The van der Waals surface area contributed by atoms with Crippen molar-refractivity contribution in [3.8, 4) is 0 Å². The van der Waals surface area contributed by atoms with Crippen LogP contribution in [0.5, 0.6) is 0 Å². The maximum absolute atomic E-state index is 4.41. The molecule has 5 nitrogen and oxygen atoms in total. The minimum absolute atomic E-state index is 0.263. The molecule has 0 saturated heterocycles. The molecule has 2 aromatic heterocycles. The molecule has 0 fully saturated rings. The molecule has 0 bridgehead atoms. The molecule has 1 unspecified atom stereocenters. The molecule has 0 aliphatic heterocycles. The van der Waals surface area contributed by atoms with E-state index in [9.17, 15) is 0 Å². The number of nitrogens with zero attached hydrogens (tertiary/aromatic N) is 4. The van der Waals surface area contributed by atoms with Gasteiger partial charge in [0.1, 0.15) is 0 Å². The van der Waals surface area contributed by atoms with Crippen molar-refractivity contribution in [1.29, 1.82) is 0 Å². The molecule has 0 aliphatic carbocycles. The summed E-state index contributed by atoms with van der Waals surface area (Å²) >= 11 is 0. The monoisotopic (exact) mass is 247 g/mol. The molecule has 18 heavy (non-hydrogen) atoms. The van der Waals surface area contributed by atoms with Crippen molar-refractivity contribution in [3.63, 3.8) is 0 Å². The van der Waals surface area contributed by atoms with Gasteiger partial charge in [-0.05, 0) is 6.92 Å². The molecule has 98 valence electrons. The molecule has 5 heteroatoms. The Kier molecular flexibility index (Phi) is 3.81. The fourth-order valence-electron chi connectivity index (χ4n) is 1.82. The van der Waals surface area contributed by atoms with Crippen molar-refractivity contribution >= 4 is 0 Å². The van der Waals surface area contributed by atoms with Crippen LogP contribution >= 0.6 is 0 Å². The molecule has 2 aromatic rings. The molecule has 0 saturated carbocycles. The summed E-state index contributed by atoms with van der Waals surface area (Å²) in [6.07, 6.45) is 7.91. The highest BCUT2D eigenvalue weighted by molar-refractivity contribution is 5.12. The third-order valence-electron chi connectivity index (χ3n) is 3.00. The lowest BCUT2D eigenvalue weighted by Gasteiger charge is -2.10. The molecule has 0 radical (unpaired) electrons. The lowest BCUT2D eigenvalue weighted by atomic mass is 10.2. The van der Waals surface area contributed by atoms with Gasteiger partial charge in [0.2, 0.25) is 0 Å². The second kappa shape index (κ2) is 5.35. The number of imidazole rings is 1. The third kappa shape index (κ3) is 2.98. The lowest BCUT2D eigenvalue weighted by molar-refractivity contribution is 0.581. The summed E-state index contributed by atoms with van der Waals surface area (Å²) in [5.74, 6) is 0. The Labute approximate surface area is 108 Å². The summed E-state index contributed by atoms with van der Waals surface area (Å²) < 4.78 is 3.94. The van der Waals surface area contributed by atoms with Gasteiger partial charge in [0.15, 0.2) is 0 Å². The van der Waals surface area contributed by atoms with Gasteiger partial charge < -0.3 is 9.88 Å². The minimum atomic E-state index is 0.263. The second-order valence-corrected chi connectivity index (χ2v) is 4.97. The van der Waals surface area contributed by atoms with Gasteiger partial charge in [-0.3, -0.25) is 4.68 Å². The molecule has 1 N–H and O–H groups in total. The van der Waals surface area contributed by atoms with Crippen LogP contribution < -0.4 is 5.32 Å². The van der Waals surface area contributed by atoms with Crippen LogP contribution in [0.3, 0.4) is 0 Å². The predicted molar refractivity (Wildman–Crippen MR) is 71.2 cm³/mol. The van der Waals surface area contributed by atoms with Crippen molar-refractivity contribution in [1.82, 2.24) is 24.6 Å². The maximum Gasteiger partial charge on any atom is 0.0955 e. The van der Waals surface area contributed by atoms with Gasteiger partial charge in [0.05, 0.1) is 24.3 Å². The number of hydrogen-bond donors (Lipinski definition) is 1. The van der Waals surface area contributed by atoms with Crippen molar-refractivity contribution in [2.75, 3.05) is 0 Å². The highest BCUT2D eigenvalue weighted by atomic mass is 15.2. The van der Waals surface area contributed by atoms with Gasteiger partial charge in [-0.15, -0.1) is 0 Å². The van der Waals surface area contributed by atoms with Crippen LogP contribution in [0.15, 0.2) is 24.9 Å². The van der Waals surface area contributed by atoms with E-state index in [2.05, 4.69) is 46.9 Å². The zero-order chi connectivity index (χ0) is 13.1. The predicted octanol–water partition coefficient (Wildman–Crippen LogP) is 1.72. The average Bonchev–Trinajstić information content (AvgIpc) is 2.94. The third-order valence-corrected chi connectivity index (χ3v) is 3.00. The van der Waals surface area contributed by atoms with E-state index in [1.54, 1.807) is 0 Å². The van der Waals surface area contributed by atoms with E-state index in [1.807, 2.05) is 30.5 Å². The fraction of sp³-hybridized carbons (Fsp3) is 0.538. The van der Waals surface area contributed by atoms with Crippen LogP contribution in [0, 0.1) is 0 Å². The van der Waals surface area contributed by atoms with Crippen LogP contribution in [-0.4, -0.2) is 25.4 Å². The molecule has 2 rings (SSSR count). The van der Waals surface area contributed by atoms with E-state index in [0.29, 0.717) is 6.04 Å². The van der Waals surface area contributed by atoms with Crippen LogP contribution in [0.25, 0.3) is 0 Å². The van der Waals surface area contributed by atoms with Crippen molar-refractivity contribution < 1.29 is 0 Å². The van der Waals surface area contributed by atoms with E-state index in [4.69, 9.17) is 0 Å². The summed E-state index contributed by atoms with van der Waals surface area (Å²) in [7, 11) is 1.93. The number of aromatic nitrogens is 4. The molecule has 0 spiro atoms. The summed E-state index contributed by atoms with van der Waals surface area (Å²) in [4.78, 5) is 4.41. The zero-order valence-electron chi connectivity index (χ0n) is 11.5. The van der Waals surface area contributed by atoms with E-state index in [0.717, 1.165) is 12.2 Å². The Morgan fingerprint density at radius 1 is 1.28 bits per heavy atom. The lowest BCUT2D eigenvalue weighted by Crippen LogP contribution is -2.21. The van der Waals surface area contributed by atoms with Crippen molar-refractivity contribution in [3.05, 3.63) is 36.2 Å². The highest BCUT2D eigenvalue weighted by Crippen LogP contribution is 2.16. The van der Waals surface area contributed by atoms with Crippen LogP contribution in [-0.2, 0) is 13.6 Å². The number of hydrogen-bond acceptors (Lipinski definition) is 3. The van der Waals surface area contributed by atoms with Gasteiger partial charge >= 0.3 is 0 Å². The number of aryl methyl sites for hydroxylation is 1. The first-order valence-electron chi connectivity index (χ1n) is 6.30. The Balaban J connectivity index is 2.05. The van der Waals surface area contributed by atoms with E-state index in [-0.39, 0.29) is 6.04 Å². The Bertz CT molecular complexity index is 497. The van der Waals surface area contributed by atoms with Crippen LogP contribution in [0.4, 0.5) is 0 Å². The van der Waals surface area contributed by atoms with Crippen molar-refractivity contribution in [2.24, 2.45) is 7.05 Å². The number of rotatable bonds is 5. The van der Waals surface area contributed by atoms with E-state index >= 15 is 0 Å². The Morgan fingerprint density at radius 2 is 2.06 bits per heavy atom. The SMILES string of the molecule is CC(C)NCc1cn(C(C)c2cnn(C)c2)cn1. The standard InChI is InChI=1S/C13H21N5/c1-10(2)14-6-13-8-18(9-15-13)11(3)12-5-16-17(4)7-12/h5,7-11,14H,6H2,1-4H3. The normalized spacial score (nSPS) is 13.2. The molecule has 0 amide bonds. The molecule has 1 atom stereocenters. The summed E-state index contributed by atoms with van der Waals surface area (Å²) in [5, 5.41) is 7.57. The van der Waals surface area contributed by atoms with Gasteiger partial charge in [-0.1, -0.05) is 13.8 Å². The quantitative estimate of drug-likeness (QED) is 0.875. The first-order chi connectivity index (χ1) is 8.56. The topological polar surface area (TPSA) is 47.7 Å². The maximum atomic E-state index is 4.41. The van der Waals surface area contributed by atoms with Gasteiger partial charge in [-0.25, -0.2) is 4.98 Å². The first-order valence-corrected chi connectivity index (χ1v) is 6.30. The second-order valence-electron chi connectivity index (χ2n) is 4.97. The van der Waals surface area contributed by atoms with Gasteiger partial charge in [-0.2, -0.15) is 5.10 Å². The number of nitrogens with one attached hydrogen (secondary N) is 1. The molecular weight excluding hydrogens is 226 g/mol.